The van der Waals surface area contributed by atoms with Crippen LogP contribution in [0.25, 0.3) is 0 Å². The van der Waals surface area contributed by atoms with E-state index in [9.17, 15) is 5.11 Å². The zero-order valence-electron chi connectivity index (χ0n) is 10.0. The molecule has 0 aromatic carbocycles. The van der Waals surface area contributed by atoms with E-state index >= 15 is 0 Å². The van der Waals surface area contributed by atoms with Crippen LogP contribution in [0.2, 0.25) is 0 Å². The van der Waals surface area contributed by atoms with E-state index in [0.717, 1.165) is 25.0 Å². The predicted molar refractivity (Wildman–Crippen MR) is 71.1 cm³/mol. The summed E-state index contributed by atoms with van der Waals surface area (Å²) in [4.78, 5) is 4.53. The molecule has 5 nitrogen and oxygen atoms in total. The van der Waals surface area contributed by atoms with Crippen molar-refractivity contribution in [1.82, 2.24) is 4.98 Å². The van der Waals surface area contributed by atoms with Crippen molar-refractivity contribution in [2.75, 3.05) is 12.4 Å². The molecule has 0 bridgehead atoms. The lowest BCUT2D eigenvalue weighted by Gasteiger charge is -2.11. The molecule has 1 aliphatic rings. The minimum atomic E-state index is -0.773. The van der Waals surface area contributed by atoms with E-state index < -0.39 is 6.10 Å². The van der Waals surface area contributed by atoms with E-state index in [1.807, 2.05) is 6.07 Å². The lowest BCUT2D eigenvalue weighted by atomic mass is 10.1. The monoisotopic (exact) mass is 267 g/mol. The Bertz CT molecular complexity index is 465. The van der Waals surface area contributed by atoms with Crippen LogP contribution >= 0.6 is 11.8 Å². The van der Waals surface area contributed by atoms with Crippen LogP contribution in [0.3, 0.4) is 0 Å². The molecule has 0 aliphatic heterocycles. The van der Waals surface area contributed by atoms with Crippen LogP contribution in [0, 0.1) is 5.41 Å². The van der Waals surface area contributed by atoms with Crippen molar-refractivity contribution in [1.29, 1.82) is 5.41 Å². The van der Waals surface area contributed by atoms with E-state index in [1.165, 1.54) is 17.3 Å². The molecule has 0 fully saturated rings. The molecule has 1 aromatic rings. The number of hydrogen-bond donors (Lipinski definition) is 4. The highest BCUT2D eigenvalue weighted by molar-refractivity contribution is 7.99. The van der Waals surface area contributed by atoms with Gasteiger partial charge in [0.25, 0.3) is 0 Å². The maximum absolute atomic E-state index is 9.36. The van der Waals surface area contributed by atoms with Crippen LogP contribution in [0.1, 0.15) is 23.2 Å². The summed E-state index contributed by atoms with van der Waals surface area (Å²) in [5.74, 6) is 0.348. The fourth-order valence-corrected chi connectivity index (χ4v) is 2.94. The Morgan fingerprint density at radius 2 is 2.33 bits per heavy atom. The Labute approximate surface area is 110 Å². The summed E-state index contributed by atoms with van der Waals surface area (Å²) in [6.45, 7) is -0.270. The van der Waals surface area contributed by atoms with Gasteiger partial charge in [0.05, 0.1) is 12.7 Å². The first-order valence-corrected chi connectivity index (χ1v) is 6.89. The molecule has 1 unspecified atom stereocenters. The molecule has 0 radical (unpaired) electrons. The Balaban J connectivity index is 2.24. The van der Waals surface area contributed by atoms with Crippen LogP contribution in [0.4, 0.5) is 0 Å². The van der Waals surface area contributed by atoms with E-state index in [-0.39, 0.29) is 12.4 Å². The van der Waals surface area contributed by atoms with Gasteiger partial charge in [0.1, 0.15) is 10.9 Å². The number of amidine groups is 1. The van der Waals surface area contributed by atoms with Gasteiger partial charge in [0.15, 0.2) is 0 Å². The number of fused-ring (bicyclic) bond motifs is 1. The summed E-state index contributed by atoms with van der Waals surface area (Å²) in [6, 6.07) is 1.94. The van der Waals surface area contributed by atoms with Gasteiger partial charge in [-0.2, -0.15) is 0 Å². The molecular formula is C12H17N3O2S. The lowest BCUT2D eigenvalue weighted by molar-refractivity contribution is 0.113. The first-order valence-electron chi connectivity index (χ1n) is 5.90. The SMILES string of the molecule is N=C(N)c1cc2c(nc1SCC(O)CO)CCC2. The molecule has 1 heterocycles. The second-order valence-electron chi connectivity index (χ2n) is 4.36. The normalized spacial score (nSPS) is 15.4. The number of nitrogens with one attached hydrogen (secondary N) is 1. The van der Waals surface area contributed by atoms with Gasteiger partial charge in [-0.15, -0.1) is 11.8 Å². The van der Waals surface area contributed by atoms with Crippen molar-refractivity contribution in [2.24, 2.45) is 5.73 Å². The second kappa shape index (κ2) is 5.69. The Morgan fingerprint density at radius 1 is 1.56 bits per heavy atom. The highest BCUT2D eigenvalue weighted by Crippen LogP contribution is 2.28. The summed E-state index contributed by atoms with van der Waals surface area (Å²) in [7, 11) is 0. The molecule has 6 heteroatoms. The van der Waals surface area contributed by atoms with Crippen LogP contribution in [-0.4, -0.2) is 39.5 Å². The Hall–Kier alpha value is -1.11. The lowest BCUT2D eigenvalue weighted by Crippen LogP contribution is -2.17. The number of aryl methyl sites for hydroxylation is 2. The number of pyridine rings is 1. The van der Waals surface area contributed by atoms with E-state index in [1.54, 1.807) is 0 Å². The molecule has 98 valence electrons. The molecule has 1 aromatic heterocycles. The van der Waals surface area contributed by atoms with Crippen molar-refractivity contribution in [3.05, 3.63) is 22.9 Å². The summed E-state index contributed by atoms with van der Waals surface area (Å²) in [6.07, 6.45) is 2.27. The van der Waals surface area contributed by atoms with Gasteiger partial charge in [-0.3, -0.25) is 5.41 Å². The third kappa shape index (κ3) is 2.82. The van der Waals surface area contributed by atoms with Crippen LogP contribution in [-0.2, 0) is 12.8 Å². The van der Waals surface area contributed by atoms with E-state index in [4.69, 9.17) is 16.2 Å². The first kappa shape index (κ1) is 13.3. The number of aliphatic hydroxyl groups excluding tert-OH is 2. The Kier molecular flexibility index (Phi) is 4.21. The largest absolute Gasteiger partial charge is 0.394 e. The van der Waals surface area contributed by atoms with E-state index in [2.05, 4.69) is 4.98 Å². The quantitative estimate of drug-likeness (QED) is 0.349. The third-order valence-corrected chi connectivity index (χ3v) is 4.07. The number of nitrogens with two attached hydrogens (primary N) is 1. The van der Waals surface area contributed by atoms with Crippen molar-refractivity contribution in [2.45, 2.75) is 30.4 Å². The third-order valence-electron chi connectivity index (χ3n) is 2.93. The number of aromatic nitrogens is 1. The van der Waals surface area contributed by atoms with Crippen LogP contribution < -0.4 is 5.73 Å². The predicted octanol–water partition coefficient (Wildman–Crippen LogP) is 0.300. The average Bonchev–Trinajstić information content (AvgIpc) is 2.81. The molecule has 0 amide bonds. The van der Waals surface area contributed by atoms with Gasteiger partial charge in [-0.05, 0) is 30.9 Å². The minimum absolute atomic E-state index is 0.00168. The van der Waals surface area contributed by atoms with Crippen LogP contribution in [0.5, 0.6) is 0 Å². The van der Waals surface area contributed by atoms with Gasteiger partial charge in [-0.25, -0.2) is 4.98 Å². The molecule has 18 heavy (non-hydrogen) atoms. The maximum Gasteiger partial charge on any atom is 0.125 e. The minimum Gasteiger partial charge on any atom is -0.394 e. The zero-order chi connectivity index (χ0) is 13.1. The van der Waals surface area contributed by atoms with Gasteiger partial charge in [0, 0.05) is 17.0 Å². The molecule has 0 spiro atoms. The number of rotatable bonds is 5. The number of hydrogen-bond acceptors (Lipinski definition) is 5. The van der Waals surface area contributed by atoms with Crippen molar-refractivity contribution < 1.29 is 10.2 Å². The van der Waals surface area contributed by atoms with Crippen molar-refractivity contribution in [3.8, 4) is 0 Å². The average molecular weight is 267 g/mol. The standard InChI is InChI=1S/C12H17N3O2S/c13-11(14)9-4-7-2-1-3-10(7)15-12(9)18-6-8(17)5-16/h4,8,16-17H,1-3,5-6H2,(H3,13,14). The number of nitrogen functional groups attached to an aromatic ring is 1. The summed E-state index contributed by atoms with van der Waals surface area (Å²) in [5.41, 5.74) is 8.44. The smallest absolute Gasteiger partial charge is 0.125 e. The molecule has 5 N–H and O–H groups in total. The first-order chi connectivity index (χ1) is 8.61. The zero-order valence-corrected chi connectivity index (χ0v) is 10.8. The summed E-state index contributed by atoms with van der Waals surface area (Å²) in [5, 5.41) is 26.4. The second-order valence-corrected chi connectivity index (χ2v) is 5.37. The Morgan fingerprint density at radius 3 is 3.00 bits per heavy atom. The van der Waals surface area contributed by atoms with Gasteiger partial charge in [-0.1, -0.05) is 0 Å². The summed E-state index contributed by atoms with van der Waals surface area (Å²) < 4.78 is 0. The molecule has 2 rings (SSSR count). The topological polar surface area (TPSA) is 103 Å². The van der Waals surface area contributed by atoms with E-state index in [0.29, 0.717) is 16.3 Å². The van der Waals surface area contributed by atoms with Gasteiger partial charge < -0.3 is 15.9 Å². The fourth-order valence-electron chi connectivity index (χ4n) is 1.98. The molecule has 1 aliphatic carbocycles. The summed E-state index contributed by atoms with van der Waals surface area (Å²) >= 11 is 1.33. The van der Waals surface area contributed by atoms with Crippen molar-refractivity contribution in [3.63, 3.8) is 0 Å². The van der Waals surface area contributed by atoms with Gasteiger partial charge >= 0.3 is 0 Å². The molecule has 1 atom stereocenters. The highest BCUT2D eigenvalue weighted by Gasteiger charge is 2.18. The van der Waals surface area contributed by atoms with Crippen LogP contribution in [0.15, 0.2) is 11.1 Å². The molecule has 0 saturated carbocycles. The number of nitrogens with zero attached hydrogens (tertiary/aromatic N) is 1. The number of thioether (sulfide) groups is 1. The molecular weight excluding hydrogens is 250 g/mol. The number of aliphatic hydroxyl groups is 2. The highest BCUT2D eigenvalue weighted by atomic mass is 32.2. The van der Waals surface area contributed by atoms with Gasteiger partial charge in [0.2, 0.25) is 0 Å². The fraction of sp³-hybridized carbons (Fsp3) is 0.500. The molecule has 0 saturated heterocycles. The maximum atomic E-state index is 9.36. The van der Waals surface area contributed by atoms with Crippen molar-refractivity contribution >= 4 is 17.6 Å².